The summed E-state index contributed by atoms with van der Waals surface area (Å²) < 4.78 is 21.2. The Morgan fingerprint density at radius 1 is 1.08 bits per heavy atom. The zero-order chi connectivity index (χ0) is 16.8. The summed E-state index contributed by atoms with van der Waals surface area (Å²) in [6.45, 7) is 1.05. The zero-order valence-electron chi connectivity index (χ0n) is 13.4. The second-order valence-corrected chi connectivity index (χ2v) is 5.24. The number of hydrogen-bond donors (Lipinski definition) is 1. The Morgan fingerprint density at radius 2 is 1.83 bits per heavy atom. The minimum Gasteiger partial charge on any atom is -0.497 e. The molecule has 0 aliphatic carbocycles. The van der Waals surface area contributed by atoms with Crippen LogP contribution in [0.5, 0.6) is 23.0 Å². The van der Waals surface area contributed by atoms with Gasteiger partial charge in [0.25, 0.3) is 0 Å². The third kappa shape index (κ3) is 4.10. The summed E-state index contributed by atoms with van der Waals surface area (Å²) >= 11 is 0. The van der Waals surface area contributed by atoms with E-state index in [0.717, 1.165) is 17.1 Å². The van der Waals surface area contributed by atoms with Gasteiger partial charge in [-0.3, -0.25) is 4.79 Å². The smallest absolute Gasteiger partial charge is 0.231 e. The summed E-state index contributed by atoms with van der Waals surface area (Å²) in [6.07, 6.45) is 0.327. The number of nitrogens with one attached hydrogen (secondary N) is 1. The van der Waals surface area contributed by atoms with E-state index >= 15 is 0 Å². The van der Waals surface area contributed by atoms with Gasteiger partial charge in [0.1, 0.15) is 18.1 Å². The van der Waals surface area contributed by atoms with Crippen molar-refractivity contribution in [3.63, 3.8) is 0 Å². The molecule has 6 heteroatoms. The molecule has 0 aromatic heterocycles. The van der Waals surface area contributed by atoms with Crippen molar-refractivity contribution >= 4 is 5.91 Å². The highest BCUT2D eigenvalue weighted by atomic mass is 16.7. The van der Waals surface area contributed by atoms with Crippen molar-refractivity contribution in [1.82, 2.24) is 5.32 Å². The van der Waals surface area contributed by atoms with Crippen LogP contribution in [0.2, 0.25) is 0 Å². The van der Waals surface area contributed by atoms with E-state index in [1.54, 1.807) is 19.2 Å². The lowest BCUT2D eigenvalue weighted by molar-refractivity contribution is -0.120. The second-order valence-electron chi connectivity index (χ2n) is 5.24. The normalized spacial score (nSPS) is 11.9. The maximum absolute atomic E-state index is 11.9. The van der Waals surface area contributed by atoms with Crippen LogP contribution in [-0.4, -0.2) is 33.0 Å². The molecule has 6 nitrogen and oxygen atoms in total. The number of ether oxygens (including phenoxy) is 4. The van der Waals surface area contributed by atoms with Crippen LogP contribution in [0.1, 0.15) is 5.56 Å². The molecule has 1 amide bonds. The SMILES string of the molecule is COc1ccc(CC(=O)NCCOc2ccc3c(c2)OCO3)cc1. The van der Waals surface area contributed by atoms with E-state index in [4.69, 9.17) is 18.9 Å². The molecular formula is C18H19NO5. The van der Waals surface area contributed by atoms with Gasteiger partial charge >= 0.3 is 0 Å². The average molecular weight is 329 g/mol. The fourth-order valence-electron chi connectivity index (χ4n) is 2.32. The molecule has 1 aliphatic heterocycles. The van der Waals surface area contributed by atoms with Gasteiger partial charge in [0.2, 0.25) is 12.7 Å². The van der Waals surface area contributed by atoms with Crippen molar-refractivity contribution in [2.45, 2.75) is 6.42 Å². The second kappa shape index (κ2) is 7.59. The van der Waals surface area contributed by atoms with E-state index in [9.17, 15) is 4.79 Å². The topological polar surface area (TPSA) is 66.0 Å². The Hall–Kier alpha value is -2.89. The zero-order valence-corrected chi connectivity index (χ0v) is 13.4. The largest absolute Gasteiger partial charge is 0.497 e. The predicted octanol–water partition coefficient (Wildman–Crippen LogP) is 2.16. The lowest BCUT2D eigenvalue weighted by Gasteiger charge is -2.08. The number of hydrogen-bond acceptors (Lipinski definition) is 5. The number of fused-ring (bicyclic) bond motifs is 1. The summed E-state index contributed by atoms with van der Waals surface area (Å²) in [5, 5.41) is 2.83. The number of carbonyl (C=O) groups excluding carboxylic acids is 1. The van der Waals surface area contributed by atoms with Crippen LogP contribution in [0, 0.1) is 0 Å². The van der Waals surface area contributed by atoms with Crippen LogP contribution in [0.3, 0.4) is 0 Å². The number of carbonyl (C=O) groups is 1. The van der Waals surface area contributed by atoms with Crippen LogP contribution >= 0.6 is 0 Å². The Labute approximate surface area is 140 Å². The van der Waals surface area contributed by atoms with Gasteiger partial charge in [-0.25, -0.2) is 0 Å². The summed E-state index contributed by atoms with van der Waals surface area (Å²) in [5.41, 5.74) is 0.935. The molecule has 2 aromatic carbocycles. The summed E-state index contributed by atoms with van der Waals surface area (Å²) in [6, 6.07) is 12.8. The molecule has 1 heterocycles. The van der Waals surface area contributed by atoms with Crippen molar-refractivity contribution < 1.29 is 23.7 Å². The number of rotatable bonds is 7. The Balaban J connectivity index is 1.38. The first-order valence-corrected chi connectivity index (χ1v) is 7.66. The summed E-state index contributed by atoms with van der Waals surface area (Å²) in [5.74, 6) is 2.81. The van der Waals surface area contributed by atoms with Gasteiger partial charge in [0, 0.05) is 6.07 Å². The number of amides is 1. The molecule has 1 aliphatic rings. The van der Waals surface area contributed by atoms with Crippen LogP contribution in [0.4, 0.5) is 0 Å². The standard InChI is InChI=1S/C18H19NO5/c1-21-14-4-2-13(3-5-14)10-18(20)19-8-9-22-15-6-7-16-17(11-15)24-12-23-16/h2-7,11H,8-10,12H2,1H3,(H,19,20). The van der Waals surface area contributed by atoms with Gasteiger partial charge in [-0.15, -0.1) is 0 Å². The molecule has 0 saturated heterocycles. The van der Waals surface area contributed by atoms with Gasteiger partial charge in [-0.1, -0.05) is 12.1 Å². The van der Waals surface area contributed by atoms with Crippen molar-refractivity contribution in [2.24, 2.45) is 0 Å². The van der Waals surface area contributed by atoms with E-state index in [2.05, 4.69) is 5.32 Å². The first-order chi connectivity index (χ1) is 11.7. The molecule has 3 rings (SSSR count). The molecule has 0 spiro atoms. The van der Waals surface area contributed by atoms with Crippen LogP contribution in [0.25, 0.3) is 0 Å². The fraction of sp³-hybridized carbons (Fsp3) is 0.278. The van der Waals surface area contributed by atoms with Gasteiger partial charge in [0.15, 0.2) is 11.5 Å². The van der Waals surface area contributed by atoms with Crippen molar-refractivity contribution in [3.8, 4) is 23.0 Å². The Bertz CT molecular complexity index is 699. The third-order valence-electron chi connectivity index (χ3n) is 3.56. The minimum atomic E-state index is -0.0468. The van der Waals surface area contributed by atoms with Crippen molar-refractivity contribution in [3.05, 3.63) is 48.0 Å². The summed E-state index contributed by atoms with van der Waals surface area (Å²) in [7, 11) is 1.61. The van der Waals surface area contributed by atoms with Crippen molar-refractivity contribution in [1.29, 1.82) is 0 Å². The Kier molecular flexibility index (Phi) is 5.05. The van der Waals surface area contributed by atoms with Gasteiger partial charge in [0.05, 0.1) is 20.1 Å². The van der Waals surface area contributed by atoms with Crippen molar-refractivity contribution in [2.75, 3.05) is 27.1 Å². The van der Waals surface area contributed by atoms with Crippen LogP contribution < -0.4 is 24.3 Å². The lowest BCUT2D eigenvalue weighted by Crippen LogP contribution is -2.29. The molecule has 0 radical (unpaired) electrons. The quantitative estimate of drug-likeness (QED) is 0.789. The maximum Gasteiger partial charge on any atom is 0.231 e. The summed E-state index contributed by atoms with van der Waals surface area (Å²) in [4.78, 5) is 11.9. The monoisotopic (exact) mass is 329 g/mol. The molecule has 0 bridgehead atoms. The van der Waals surface area contributed by atoms with Crippen LogP contribution in [-0.2, 0) is 11.2 Å². The molecule has 0 atom stereocenters. The van der Waals surface area contributed by atoms with Crippen LogP contribution in [0.15, 0.2) is 42.5 Å². The molecule has 0 fully saturated rings. The lowest BCUT2D eigenvalue weighted by atomic mass is 10.1. The molecule has 2 aromatic rings. The molecular weight excluding hydrogens is 310 g/mol. The van der Waals surface area contributed by atoms with E-state index in [1.165, 1.54) is 0 Å². The highest BCUT2D eigenvalue weighted by molar-refractivity contribution is 5.78. The third-order valence-corrected chi connectivity index (χ3v) is 3.56. The highest BCUT2D eigenvalue weighted by Gasteiger charge is 2.13. The molecule has 0 unspecified atom stereocenters. The molecule has 24 heavy (non-hydrogen) atoms. The Morgan fingerprint density at radius 3 is 2.62 bits per heavy atom. The van der Waals surface area contributed by atoms with Gasteiger partial charge in [-0.05, 0) is 29.8 Å². The molecule has 1 N–H and O–H groups in total. The molecule has 126 valence electrons. The van der Waals surface area contributed by atoms with E-state index in [0.29, 0.717) is 31.1 Å². The van der Waals surface area contributed by atoms with Gasteiger partial charge in [-0.2, -0.15) is 0 Å². The van der Waals surface area contributed by atoms with E-state index in [1.807, 2.05) is 30.3 Å². The maximum atomic E-state index is 11.9. The fourth-order valence-corrected chi connectivity index (χ4v) is 2.32. The predicted molar refractivity (Wildman–Crippen MR) is 87.8 cm³/mol. The van der Waals surface area contributed by atoms with E-state index < -0.39 is 0 Å². The number of methoxy groups -OCH3 is 1. The first-order valence-electron chi connectivity index (χ1n) is 7.66. The van der Waals surface area contributed by atoms with E-state index in [-0.39, 0.29) is 12.7 Å². The molecule has 0 saturated carbocycles. The van der Waals surface area contributed by atoms with Gasteiger partial charge < -0.3 is 24.3 Å². The average Bonchev–Trinajstić information content (AvgIpc) is 3.07. The first kappa shape index (κ1) is 16.0. The number of benzene rings is 2. The minimum absolute atomic E-state index is 0.0468. The highest BCUT2D eigenvalue weighted by Crippen LogP contribution is 2.34.